The third kappa shape index (κ3) is 5.56. The van der Waals surface area contributed by atoms with Gasteiger partial charge >= 0.3 is 0 Å². The van der Waals surface area contributed by atoms with E-state index in [0.29, 0.717) is 35.9 Å². The third-order valence-corrected chi connectivity index (χ3v) is 7.45. The van der Waals surface area contributed by atoms with E-state index >= 15 is 0 Å². The maximum atomic E-state index is 13.7. The number of amides is 2. The Bertz CT molecular complexity index is 1280. The van der Waals surface area contributed by atoms with Crippen LogP contribution in [0.2, 0.25) is 0 Å². The van der Waals surface area contributed by atoms with E-state index in [1.165, 1.54) is 17.0 Å². The molecule has 3 heterocycles. The largest absolute Gasteiger partial charge is 0.491 e. The Morgan fingerprint density at radius 3 is 2.70 bits per heavy atom. The molecule has 7 nitrogen and oxygen atoms in total. The number of rotatable bonds is 8. The number of carbonyl (C=O) groups excluding carboxylic acids is 2. The molecule has 5 rings (SSSR count). The van der Waals surface area contributed by atoms with Gasteiger partial charge in [-0.1, -0.05) is 13.8 Å². The summed E-state index contributed by atoms with van der Waals surface area (Å²) in [6.45, 7) is 5.33. The summed E-state index contributed by atoms with van der Waals surface area (Å²) in [4.78, 5) is 31.8. The van der Waals surface area contributed by atoms with Gasteiger partial charge in [0.1, 0.15) is 24.7 Å². The van der Waals surface area contributed by atoms with Crippen LogP contribution < -0.4 is 14.2 Å². The van der Waals surface area contributed by atoms with Gasteiger partial charge in [0.05, 0.1) is 6.04 Å². The molecule has 0 radical (unpaired) electrons. The molecule has 3 aromatic rings. The number of nitrogens with zero attached hydrogens (tertiary/aromatic N) is 2. The van der Waals surface area contributed by atoms with Crippen LogP contribution in [0.25, 0.3) is 0 Å². The zero-order valence-electron chi connectivity index (χ0n) is 20.8. The molecular weight excluding hydrogens is 495 g/mol. The van der Waals surface area contributed by atoms with Gasteiger partial charge in [-0.2, -0.15) is 0 Å². The topological polar surface area (TPSA) is 68.3 Å². The molecule has 194 valence electrons. The molecule has 37 heavy (non-hydrogen) atoms. The molecule has 0 N–H and O–H groups in total. The maximum Gasteiger partial charge on any atom is 0.254 e. The summed E-state index contributed by atoms with van der Waals surface area (Å²) in [7, 11) is 0. The lowest BCUT2D eigenvalue weighted by atomic mass is 10.00. The van der Waals surface area contributed by atoms with Gasteiger partial charge in [0.15, 0.2) is 11.5 Å². The second-order valence-electron chi connectivity index (χ2n) is 9.56. The van der Waals surface area contributed by atoms with Crippen LogP contribution in [0.4, 0.5) is 4.39 Å². The second kappa shape index (κ2) is 10.8. The molecule has 0 unspecified atom stereocenters. The first-order valence-electron chi connectivity index (χ1n) is 12.3. The number of halogens is 1. The lowest BCUT2D eigenvalue weighted by Crippen LogP contribution is -2.48. The average molecular weight is 525 g/mol. The molecule has 2 aliphatic rings. The van der Waals surface area contributed by atoms with E-state index in [4.69, 9.17) is 14.2 Å². The summed E-state index contributed by atoms with van der Waals surface area (Å²) in [5.41, 5.74) is 1.51. The van der Waals surface area contributed by atoms with Gasteiger partial charge in [-0.3, -0.25) is 9.59 Å². The van der Waals surface area contributed by atoms with Gasteiger partial charge in [0.2, 0.25) is 12.7 Å². The first-order chi connectivity index (χ1) is 17.9. The summed E-state index contributed by atoms with van der Waals surface area (Å²) < 4.78 is 30.1. The van der Waals surface area contributed by atoms with Gasteiger partial charge in [0, 0.05) is 23.5 Å². The molecule has 0 saturated heterocycles. The molecule has 1 aromatic heterocycles. The highest BCUT2D eigenvalue weighted by molar-refractivity contribution is 7.10. The van der Waals surface area contributed by atoms with E-state index < -0.39 is 0 Å². The Hall–Kier alpha value is -3.59. The number of carbonyl (C=O) groups is 2. The monoisotopic (exact) mass is 524 g/mol. The SMILES string of the molecule is CC(C)CN(CC(=O)N1CCc2sccc2[C@H]1COc1ccc(F)cc1)C(=O)c1ccc2c(c1)OCO2. The Balaban J connectivity index is 1.34. The fourth-order valence-corrected chi connectivity index (χ4v) is 5.64. The standard InChI is InChI=1S/C28H29FN2O5S/c1-18(2)14-30(28(33)19-3-8-24-25(13-19)36-17-35-24)15-27(32)31-11-9-26-22(10-12-37-26)23(31)16-34-21-6-4-20(29)5-7-21/h3-8,10,12-13,18,23H,9,11,14-17H2,1-2H3/t23-/m1/s1. The molecule has 2 amide bonds. The molecule has 1 atom stereocenters. The van der Waals surface area contributed by atoms with Crippen molar-refractivity contribution in [1.29, 1.82) is 0 Å². The fraction of sp³-hybridized carbons (Fsp3) is 0.357. The van der Waals surface area contributed by atoms with E-state index in [2.05, 4.69) is 0 Å². The summed E-state index contributed by atoms with van der Waals surface area (Å²) in [5.74, 6) is 1.14. The summed E-state index contributed by atoms with van der Waals surface area (Å²) in [6.07, 6.45) is 0.756. The minimum absolute atomic E-state index is 0.0437. The minimum Gasteiger partial charge on any atom is -0.491 e. The van der Waals surface area contributed by atoms with Gasteiger partial charge in [0.25, 0.3) is 5.91 Å². The Labute approximate surface area is 219 Å². The number of fused-ring (bicyclic) bond motifs is 2. The first kappa shape index (κ1) is 25.1. The van der Waals surface area contributed by atoms with Crippen LogP contribution in [-0.4, -0.2) is 54.6 Å². The predicted octanol–water partition coefficient (Wildman–Crippen LogP) is 4.92. The summed E-state index contributed by atoms with van der Waals surface area (Å²) >= 11 is 1.67. The Kier molecular flexibility index (Phi) is 7.32. The quantitative estimate of drug-likeness (QED) is 0.419. The van der Waals surface area contributed by atoms with E-state index in [9.17, 15) is 14.0 Å². The van der Waals surface area contributed by atoms with Crippen molar-refractivity contribution in [3.8, 4) is 17.2 Å². The maximum absolute atomic E-state index is 13.7. The Morgan fingerprint density at radius 2 is 1.92 bits per heavy atom. The molecular formula is C28H29FN2O5S. The molecule has 0 spiro atoms. The highest BCUT2D eigenvalue weighted by Gasteiger charge is 2.34. The third-order valence-electron chi connectivity index (χ3n) is 6.46. The Morgan fingerprint density at radius 1 is 1.14 bits per heavy atom. The zero-order chi connectivity index (χ0) is 25.9. The van der Waals surface area contributed by atoms with E-state index in [1.54, 1.807) is 51.5 Å². The van der Waals surface area contributed by atoms with Gasteiger partial charge in [-0.05, 0) is 71.8 Å². The van der Waals surface area contributed by atoms with Crippen LogP contribution in [-0.2, 0) is 11.2 Å². The van der Waals surface area contributed by atoms with Crippen molar-refractivity contribution in [2.45, 2.75) is 26.3 Å². The van der Waals surface area contributed by atoms with Crippen molar-refractivity contribution in [3.05, 3.63) is 75.7 Å². The van der Waals surface area contributed by atoms with Crippen molar-refractivity contribution in [2.75, 3.05) is 33.0 Å². The van der Waals surface area contributed by atoms with Crippen molar-refractivity contribution >= 4 is 23.2 Å². The van der Waals surface area contributed by atoms with Crippen LogP contribution in [0, 0.1) is 11.7 Å². The minimum atomic E-state index is -0.334. The predicted molar refractivity (Wildman–Crippen MR) is 138 cm³/mol. The molecule has 0 aliphatic carbocycles. The van der Waals surface area contributed by atoms with Crippen LogP contribution >= 0.6 is 11.3 Å². The number of benzene rings is 2. The van der Waals surface area contributed by atoms with Crippen molar-refractivity contribution in [1.82, 2.24) is 9.80 Å². The molecule has 2 aromatic carbocycles. The van der Waals surface area contributed by atoms with Gasteiger partial charge in [-0.15, -0.1) is 11.3 Å². The van der Waals surface area contributed by atoms with Crippen molar-refractivity contribution < 1.29 is 28.2 Å². The average Bonchev–Trinajstić information content (AvgIpc) is 3.56. The normalized spacial score (nSPS) is 16.0. The fourth-order valence-electron chi connectivity index (χ4n) is 4.71. The number of ether oxygens (including phenoxy) is 3. The van der Waals surface area contributed by atoms with Gasteiger partial charge in [-0.25, -0.2) is 4.39 Å². The van der Waals surface area contributed by atoms with E-state index in [1.807, 2.05) is 25.3 Å². The van der Waals surface area contributed by atoms with Crippen LogP contribution in [0.5, 0.6) is 17.2 Å². The molecule has 0 saturated carbocycles. The molecule has 0 bridgehead atoms. The summed E-state index contributed by atoms with van der Waals surface area (Å²) in [6, 6.07) is 12.7. The smallest absolute Gasteiger partial charge is 0.254 e. The molecule has 2 aliphatic heterocycles. The van der Waals surface area contributed by atoms with Crippen LogP contribution in [0.3, 0.4) is 0 Å². The van der Waals surface area contributed by atoms with Crippen LogP contribution in [0.1, 0.15) is 40.7 Å². The number of thiophene rings is 1. The van der Waals surface area contributed by atoms with E-state index in [-0.39, 0.29) is 49.5 Å². The highest BCUT2D eigenvalue weighted by Crippen LogP contribution is 2.35. The highest BCUT2D eigenvalue weighted by atomic mass is 32.1. The molecule has 0 fully saturated rings. The molecule has 9 heteroatoms. The van der Waals surface area contributed by atoms with E-state index in [0.717, 1.165) is 12.0 Å². The zero-order valence-corrected chi connectivity index (χ0v) is 21.6. The summed E-state index contributed by atoms with van der Waals surface area (Å²) in [5, 5.41) is 2.03. The number of hydrogen-bond donors (Lipinski definition) is 0. The van der Waals surface area contributed by atoms with Gasteiger partial charge < -0.3 is 24.0 Å². The van der Waals surface area contributed by atoms with Crippen molar-refractivity contribution in [2.24, 2.45) is 5.92 Å². The number of hydrogen-bond acceptors (Lipinski definition) is 6. The van der Waals surface area contributed by atoms with Crippen LogP contribution in [0.15, 0.2) is 53.9 Å². The van der Waals surface area contributed by atoms with Crippen molar-refractivity contribution in [3.63, 3.8) is 0 Å². The second-order valence-corrected chi connectivity index (χ2v) is 10.6. The lowest BCUT2D eigenvalue weighted by Gasteiger charge is -2.37. The first-order valence-corrected chi connectivity index (χ1v) is 13.2. The lowest BCUT2D eigenvalue weighted by molar-refractivity contribution is -0.135.